The molecular formula is C28H55O7PS. The van der Waals surface area contributed by atoms with Crippen molar-refractivity contribution >= 4 is 30.1 Å². The molecule has 0 rings (SSSR count). The van der Waals surface area contributed by atoms with E-state index in [9.17, 15) is 23.9 Å². The number of hydrogen-bond acceptors (Lipinski definition) is 6. The van der Waals surface area contributed by atoms with Crippen molar-refractivity contribution in [2.24, 2.45) is 0 Å². The molecule has 0 bridgehead atoms. The third-order valence-electron chi connectivity index (χ3n) is 6.61. The molecule has 220 valence electrons. The summed E-state index contributed by atoms with van der Waals surface area (Å²) in [7, 11) is -4.26. The molecule has 2 N–H and O–H groups in total. The van der Waals surface area contributed by atoms with Gasteiger partial charge in [0.2, 0.25) is 14.3 Å². The van der Waals surface area contributed by atoms with E-state index in [2.05, 4.69) is 13.8 Å². The Morgan fingerprint density at radius 3 is 1.78 bits per heavy atom. The molecule has 9 heteroatoms. The van der Waals surface area contributed by atoms with Crippen LogP contribution >= 0.6 is 8.00 Å². The Morgan fingerprint density at radius 2 is 1.32 bits per heavy atom. The van der Waals surface area contributed by atoms with Crippen LogP contribution in [0.25, 0.3) is 0 Å². The average molecular weight is 567 g/mol. The van der Waals surface area contributed by atoms with Crippen molar-refractivity contribution in [3.63, 3.8) is 0 Å². The maximum absolute atomic E-state index is 13.4. The van der Waals surface area contributed by atoms with Crippen molar-refractivity contribution in [1.29, 1.82) is 0 Å². The molecule has 5 unspecified atom stereocenters. The van der Waals surface area contributed by atoms with Gasteiger partial charge in [-0.1, -0.05) is 111 Å². The first kappa shape index (κ1) is 36.6. The van der Waals surface area contributed by atoms with Crippen LogP contribution in [0.3, 0.4) is 0 Å². The van der Waals surface area contributed by atoms with Crippen molar-refractivity contribution in [2.45, 2.75) is 154 Å². The van der Waals surface area contributed by atoms with Crippen LogP contribution in [0.2, 0.25) is 0 Å². The van der Waals surface area contributed by atoms with Gasteiger partial charge in [0, 0.05) is 23.2 Å². The second-order valence-corrected chi connectivity index (χ2v) is 12.8. The summed E-state index contributed by atoms with van der Waals surface area (Å²) in [4.78, 5) is 32.9. The predicted octanol–water partition coefficient (Wildman–Crippen LogP) is 6.46. The predicted molar refractivity (Wildman–Crippen MR) is 154 cm³/mol. The minimum atomic E-state index is -3.12. The number of carbonyl (C=O) groups is 1. The Balaban J connectivity index is 5.06. The first-order valence-corrected chi connectivity index (χ1v) is 17.3. The van der Waals surface area contributed by atoms with Crippen LogP contribution < -0.4 is 4.89 Å². The minimum Gasteiger partial charge on any atom is -0.603 e. The van der Waals surface area contributed by atoms with E-state index in [1.807, 2.05) is 6.92 Å². The largest absolute Gasteiger partial charge is 0.603 e. The average Bonchev–Trinajstić information content (AvgIpc) is 2.85. The van der Waals surface area contributed by atoms with Gasteiger partial charge < -0.3 is 19.5 Å². The Kier molecular flexibility index (Phi) is 24.4. The molecule has 0 aromatic rings. The van der Waals surface area contributed by atoms with Gasteiger partial charge in [-0.05, 0) is 26.2 Å². The molecule has 0 saturated heterocycles. The van der Waals surface area contributed by atoms with Gasteiger partial charge >= 0.3 is 5.97 Å². The normalized spacial score (nSPS) is 15.7. The zero-order valence-corrected chi connectivity index (χ0v) is 25.7. The third kappa shape index (κ3) is 18.5. The van der Waals surface area contributed by atoms with Crippen LogP contribution in [0, 0.1) is 0 Å². The molecule has 0 aliphatic rings. The first-order chi connectivity index (χ1) is 17.8. The monoisotopic (exact) mass is 566 g/mol. The molecule has 0 fully saturated rings. The Labute approximate surface area is 230 Å². The standard InChI is InChI=1S/C28H55O7PS/c1-5-8-10-12-14-15-16-18-20-23-37(33)25(21-19-17-13-11-9-6-2)24(4)35-28(34-22-7-3)26(27(29)30)36(31)32/h24-25,28H,5-23H2,1-4H3,(H,29,30)(H,31,32). The van der Waals surface area contributed by atoms with E-state index in [1.165, 1.54) is 57.8 Å². The van der Waals surface area contributed by atoms with E-state index in [-0.39, 0.29) is 11.9 Å². The second-order valence-electron chi connectivity index (χ2n) is 10.0. The van der Waals surface area contributed by atoms with E-state index in [4.69, 9.17) is 9.47 Å². The highest BCUT2D eigenvalue weighted by Gasteiger charge is 2.36. The van der Waals surface area contributed by atoms with Crippen molar-refractivity contribution in [3.05, 3.63) is 0 Å². The molecule has 0 spiro atoms. The first-order valence-electron chi connectivity index (χ1n) is 14.7. The quantitative estimate of drug-likeness (QED) is 0.0701. The third-order valence-corrected chi connectivity index (χ3v) is 9.41. The fraction of sp³-hybridized carbons (Fsp3) is 0.929. The van der Waals surface area contributed by atoms with Gasteiger partial charge in [-0.25, -0.2) is 4.79 Å². The molecule has 0 aromatic carbocycles. The molecule has 0 radical (unpaired) electrons. The highest BCUT2D eigenvalue weighted by molar-refractivity contribution is 7.85. The lowest BCUT2D eigenvalue weighted by Gasteiger charge is -2.27. The van der Waals surface area contributed by atoms with Gasteiger partial charge in [0.05, 0.1) is 11.4 Å². The molecule has 0 aromatic heterocycles. The van der Waals surface area contributed by atoms with Gasteiger partial charge in [-0.3, -0.25) is 4.21 Å². The van der Waals surface area contributed by atoms with Crippen molar-refractivity contribution in [2.75, 3.05) is 12.4 Å². The SMILES string of the molecule is CCCCCCCCCCCS(=O)C(CCCCCCCC)C(C)OC(OCCC)C(C(=O)O)=[P+]([O-])O. The molecule has 0 aliphatic carbocycles. The number of carboxylic acid groups (broad SMARTS) is 1. The Morgan fingerprint density at radius 1 is 0.838 bits per heavy atom. The maximum Gasteiger partial charge on any atom is 0.382 e. The highest BCUT2D eigenvalue weighted by atomic mass is 32.2. The van der Waals surface area contributed by atoms with Crippen LogP contribution in [-0.2, 0) is 25.1 Å². The molecule has 0 saturated carbocycles. The topological polar surface area (TPSA) is 116 Å². The molecule has 0 heterocycles. The van der Waals surface area contributed by atoms with Crippen LogP contribution in [0.15, 0.2) is 0 Å². The summed E-state index contributed by atoms with van der Waals surface area (Å²) in [5.41, 5.74) is 0. The summed E-state index contributed by atoms with van der Waals surface area (Å²) in [5, 5.41) is 8.49. The maximum atomic E-state index is 13.4. The number of rotatable bonds is 26. The van der Waals surface area contributed by atoms with Gasteiger partial charge in [0.1, 0.15) is 0 Å². The molecule has 7 nitrogen and oxygen atoms in total. The number of ether oxygens (including phenoxy) is 2. The Hall–Kier alpha value is -0.370. The summed E-state index contributed by atoms with van der Waals surface area (Å²) in [6, 6.07) is 0. The smallest absolute Gasteiger partial charge is 0.382 e. The van der Waals surface area contributed by atoms with Crippen LogP contribution in [0.4, 0.5) is 0 Å². The van der Waals surface area contributed by atoms with Gasteiger partial charge in [-0.15, -0.1) is 0 Å². The van der Waals surface area contributed by atoms with Crippen LogP contribution in [0.5, 0.6) is 0 Å². The van der Waals surface area contributed by atoms with Crippen molar-refractivity contribution in [3.8, 4) is 0 Å². The Bertz CT molecular complexity index is 626. The van der Waals surface area contributed by atoms with Gasteiger partial charge in [0.25, 0.3) is 5.29 Å². The second kappa shape index (κ2) is 24.7. The van der Waals surface area contributed by atoms with E-state index in [0.717, 1.165) is 38.5 Å². The lowest BCUT2D eigenvalue weighted by molar-refractivity contribution is -0.170. The summed E-state index contributed by atoms with van der Waals surface area (Å²) in [6.45, 7) is 8.25. The van der Waals surface area contributed by atoms with E-state index in [0.29, 0.717) is 18.6 Å². The zero-order valence-electron chi connectivity index (χ0n) is 24.0. The minimum absolute atomic E-state index is 0.195. The molecule has 0 aliphatic heterocycles. The fourth-order valence-corrected chi connectivity index (χ4v) is 6.57. The lowest BCUT2D eigenvalue weighted by Crippen LogP contribution is -2.41. The van der Waals surface area contributed by atoms with Crippen LogP contribution in [0.1, 0.15) is 137 Å². The molecule has 5 atom stereocenters. The molecule has 0 amide bonds. The summed E-state index contributed by atoms with van der Waals surface area (Å²) in [6.07, 6.45) is 16.8. The summed E-state index contributed by atoms with van der Waals surface area (Å²) < 4.78 is 24.8. The highest BCUT2D eigenvalue weighted by Crippen LogP contribution is 2.22. The zero-order chi connectivity index (χ0) is 27.9. The van der Waals surface area contributed by atoms with E-state index < -0.39 is 42.5 Å². The number of aliphatic carboxylic acids is 1. The van der Waals surface area contributed by atoms with E-state index in [1.54, 1.807) is 6.92 Å². The van der Waals surface area contributed by atoms with Gasteiger partial charge in [-0.2, -0.15) is 4.89 Å². The molecule has 37 heavy (non-hydrogen) atoms. The van der Waals surface area contributed by atoms with E-state index >= 15 is 0 Å². The lowest BCUT2D eigenvalue weighted by atomic mass is 10.1. The number of unbranched alkanes of at least 4 members (excludes halogenated alkanes) is 13. The number of carboxylic acids is 1. The fourth-order valence-electron chi connectivity index (χ4n) is 4.38. The van der Waals surface area contributed by atoms with Crippen molar-refractivity contribution in [1.82, 2.24) is 0 Å². The van der Waals surface area contributed by atoms with Crippen molar-refractivity contribution < 1.29 is 33.4 Å². The van der Waals surface area contributed by atoms with Crippen LogP contribution in [-0.4, -0.2) is 55.5 Å². The summed E-state index contributed by atoms with van der Waals surface area (Å²) >= 11 is 0. The molecular weight excluding hydrogens is 511 g/mol. The summed E-state index contributed by atoms with van der Waals surface area (Å²) in [5.74, 6) is -0.922. The number of hydrogen-bond donors (Lipinski definition) is 2. The van der Waals surface area contributed by atoms with Gasteiger partial charge in [0.15, 0.2) is 0 Å².